The maximum atomic E-state index is 13.0. The Bertz CT molecular complexity index is 732. The summed E-state index contributed by atoms with van der Waals surface area (Å²) in [7, 11) is -2.17. The van der Waals surface area contributed by atoms with E-state index in [1.54, 1.807) is 20.0 Å². The van der Waals surface area contributed by atoms with E-state index in [0.29, 0.717) is 16.9 Å². The second-order valence-electron chi connectivity index (χ2n) is 4.19. The molecule has 20 heavy (non-hydrogen) atoms. The van der Waals surface area contributed by atoms with Crippen molar-refractivity contribution in [3.8, 4) is 0 Å². The van der Waals surface area contributed by atoms with Crippen LogP contribution in [0, 0.1) is 12.7 Å². The highest BCUT2D eigenvalue weighted by Crippen LogP contribution is 2.24. The summed E-state index contributed by atoms with van der Waals surface area (Å²) >= 11 is 0. The molecule has 1 heterocycles. The molecule has 2 N–H and O–H groups in total. The molecule has 0 radical (unpaired) electrons. The van der Waals surface area contributed by atoms with Crippen molar-refractivity contribution in [3.63, 3.8) is 0 Å². The summed E-state index contributed by atoms with van der Waals surface area (Å²) in [5.74, 6) is -0.414. The molecule has 2 aromatic rings. The van der Waals surface area contributed by atoms with E-state index < -0.39 is 15.8 Å². The molecule has 106 valence electrons. The van der Waals surface area contributed by atoms with E-state index in [-0.39, 0.29) is 4.90 Å². The highest BCUT2D eigenvalue weighted by molar-refractivity contribution is 7.92. The van der Waals surface area contributed by atoms with Crippen LogP contribution in [0.15, 0.2) is 41.6 Å². The lowest BCUT2D eigenvalue weighted by Gasteiger charge is -2.13. The summed E-state index contributed by atoms with van der Waals surface area (Å²) in [5, 5.41) is 2.79. The Balaban J connectivity index is 2.41. The van der Waals surface area contributed by atoms with Gasteiger partial charge in [-0.05, 0) is 36.8 Å². The van der Waals surface area contributed by atoms with Crippen molar-refractivity contribution in [2.24, 2.45) is 0 Å². The maximum absolute atomic E-state index is 13.0. The largest absolute Gasteiger partial charge is 0.387 e. The van der Waals surface area contributed by atoms with Gasteiger partial charge >= 0.3 is 0 Å². The summed E-state index contributed by atoms with van der Waals surface area (Å²) < 4.78 is 40.1. The minimum Gasteiger partial charge on any atom is -0.387 e. The zero-order chi connectivity index (χ0) is 14.8. The molecular weight excluding hydrogens is 281 g/mol. The highest BCUT2D eigenvalue weighted by atomic mass is 32.2. The van der Waals surface area contributed by atoms with Crippen LogP contribution in [0.3, 0.4) is 0 Å². The third kappa shape index (κ3) is 2.88. The maximum Gasteiger partial charge on any atom is 0.265 e. The van der Waals surface area contributed by atoms with Crippen molar-refractivity contribution in [1.82, 2.24) is 4.98 Å². The lowest BCUT2D eigenvalue weighted by molar-refractivity contribution is 0.600. The van der Waals surface area contributed by atoms with Gasteiger partial charge in [0.2, 0.25) is 0 Å². The Morgan fingerprint density at radius 3 is 2.60 bits per heavy atom. The Hall–Kier alpha value is -2.15. The molecule has 0 amide bonds. The van der Waals surface area contributed by atoms with Crippen LogP contribution in [0.1, 0.15) is 5.56 Å². The standard InChI is InChI=1S/C13H14FN3O2S/c1-9-7-10(14)3-4-11(9)17-20(18,19)13-8-16-6-5-12(13)15-2/h3-8,17H,1-2H3,(H,15,16). The number of hydrogen-bond donors (Lipinski definition) is 2. The fourth-order valence-corrected chi connectivity index (χ4v) is 3.03. The molecule has 1 aromatic heterocycles. The molecule has 0 saturated heterocycles. The van der Waals surface area contributed by atoms with Gasteiger partial charge in [-0.2, -0.15) is 0 Å². The number of anilines is 2. The number of halogens is 1. The first-order valence-electron chi connectivity index (χ1n) is 5.85. The topological polar surface area (TPSA) is 71.1 Å². The zero-order valence-corrected chi connectivity index (χ0v) is 11.8. The molecule has 7 heteroatoms. The third-order valence-corrected chi connectivity index (χ3v) is 4.17. The molecule has 0 aliphatic rings. The number of hydrogen-bond acceptors (Lipinski definition) is 4. The number of pyridine rings is 1. The number of benzene rings is 1. The molecule has 5 nitrogen and oxygen atoms in total. The van der Waals surface area contributed by atoms with Crippen LogP contribution in [0.5, 0.6) is 0 Å². The second kappa shape index (κ2) is 5.46. The monoisotopic (exact) mass is 295 g/mol. The molecular formula is C13H14FN3O2S. The third-order valence-electron chi connectivity index (χ3n) is 2.78. The SMILES string of the molecule is CNc1ccncc1S(=O)(=O)Nc1ccc(F)cc1C. The van der Waals surface area contributed by atoms with Crippen molar-refractivity contribution in [2.75, 3.05) is 17.1 Å². The number of aromatic nitrogens is 1. The van der Waals surface area contributed by atoms with Gasteiger partial charge in [-0.3, -0.25) is 9.71 Å². The fraction of sp³-hybridized carbons (Fsp3) is 0.154. The Labute approximate surface area is 116 Å². The molecule has 0 unspecified atom stereocenters. The van der Waals surface area contributed by atoms with Crippen LogP contribution in [0.25, 0.3) is 0 Å². The predicted octanol–water partition coefficient (Wildman–Crippen LogP) is 2.37. The normalized spacial score (nSPS) is 11.2. The van der Waals surface area contributed by atoms with Gasteiger partial charge in [0.05, 0.1) is 11.4 Å². The van der Waals surface area contributed by atoms with E-state index in [2.05, 4.69) is 15.0 Å². The van der Waals surface area contributed by atoms with E-state index in [1.807, 2.05) is 0 Å². The molecule has 0 bridgehead atoms. The van der Waals surface area contributed by atoms with E-state index in [0.717, 1.165) is 0 Å². The average molecular weight is 295 g/mol. The number of nitrogens with zero attached hydrogens (tertiary/aromatic N) is 1. The van der Waals surface area contributed by atoms with Gasteiger partial charge in [-0.15, -0.1) is 0 Å². The van der Waals surface area contributed by atoms with Gasteiger partial charge < -0.3 is 5.32 Å². The molecule has 1 aromatic carbocycles. The smallest absolute Gasteiger partial charge is 0.265 e. The molecule has 0 spiro atoms. The van der Waals surface area contributed by atoms with E-state index in [1.165, 1.54) is 30.6 Å². The Morgan fingerprint density at radius 1 is 1.20 bits per heavy atom. The zero-order valence-electron chi connectivity index (χ0n) is 11.0. The van der Waals surface area contributed by atoms with Crippen LogP contribution >= 0.6 is 0 Å². The van der Waals surface area contributed by atoms with Gasteiger partial charge in [0, 0.05) is 19.4 Å². The summed E-state index contributed by atoms with van der Waals surface area (Å²) in [6.45, 7) is 1.63. The first kappa shape index (κ1) is 14.3. The summed E-state index contributed by atoms with van der Waals surface area (Å²) in [6.07, 6.45) is 2.75. The van der Waals surface area contributed by atoms with E-state index in [4.69, 9.17) is 0 Å². The number of aryl methyl sites for hydroxylation is 1. The number of nitrogens with one attached hydrogen (secondary N) is 2. The van der Waals surface area contributed by atoms with Crippen molar-refractivity contribution in [1.29, 1.82) is 0 Å². The van der Waals surface area contributed by atoms with Crippen LogP contribution < -0.4 is 10.0 Å². The fourth-order valence-electron chi connectivity index (χ4n) is 1.74. The van der Waals surface area contributed by atoms with Crippen molar-refractivity contribution in [3.05, 3.63) is 48.0 Å². The lowest BCUT2D eigenvalue weighted by atomic mass is 10.2. The first-order chi connectivity index (χ1) is 9.44. The number of sulfonamides is 1. The predicted molar refractivity (Wildman–Crippen MR) is 75.7 cm³/mol. The molecule has 0 aliphatic carbocycles. The first-order valence-corrected chi connectivity index (χ1v) is 7.33. The number of rotatable bonds is 4. The molecule has 0 fully saturated rings. The lowest BCUT2D eigenvalue weighted by Crippen LogP contribution is -2.15. The molecule has 0 saturated carbocycles. The highest BCUT2D eigenvalue weighted by Gasteiger charge is 2.19. The molecule has 0 atom stereocenters. The van der Waals surface area contributed by atoms with E-state index in [9.17, 15) is 12.8 Å². The van der Waals surface area contributed by atoms with Gasteiger partial charge in [0.1, 0.15) is 10.7 Å². The van der Waals surface area contributed by atoms with Crippen molar-refractivity contribution >= 4 is 21.4 Å². The minimum absolute atomic E-state index is 0.0335. The summed E-state index contributed by atoms with van der Waals surface area (Å²) in [5.41, 5.74) is 1.27. The van der Waals surface area contributed by atoms with Gasteiger partial charge in [-0.25, -0.2) is 12.8 Å². The summed E-state index contributed by atoms with van der Waals surface area (Å²) in [6, 6.07) is 5.41. The van der Waals surface area contributed by atoms with Crippen molar-refractivity contribution < 1.29 is 12.8 Å². The quantitative estimate of drug-likeness (QED) is 0.908. The van der Waals surface area contributed by atoms with Crippen LogP contribution in [-0.2, 0) is 10.0 Å². The van der Waals surface area contributed by atoms with Gasteiger partial charge in [-0.1, -0.05) is 0 Å². The Morgan fingerprint density at radius 2 is 1.95 bits per heavy atom. The van der Waals surface area contributed by atoms with Crippen molar-refractivity contribution in [2.45, 2.75) is 11.8 Å². The summed E-state index contributed by atoms with van der Waals surface area (Å²) in [4.78, 5) is 3.85. The van der Waals surface area contributed by atoms with Gasteiger partial charge in [0.15, 0.2) is 0 Å². The van der Waals surface area contributed by atoms with Crippen LogP contribution in [0.4, 0.5) is 15.8 Å². The second-order valence-corrected chi connectivity index (χ2v) is 5.84. The molecule has 0 aliphatic heterocycles. The van der Waals surface area contributed by atoms with Crippen LogP contribution in [0.2, 0.25) is 0 Å². The van der Waals surface area contributed by atoms with E-state index >= 15 is 0 Å². The van der Waals surface area contributed by atoms with Crippen LogP contribution in [-0.4, -0.2) is 20.4 Å². The minimum atomic E-state index is -3.79. The molecule has 2 rings (SSSR count). The van der Waals surface area contributed by atoms with Gasteiger partial charge in [0.25, 0.3) is 10.0 Å². The average Bonchev–Trinajstić information content (AvgIpc) is 2.42. The Kier molecular flexibility index (Phi) is 3.89.